The maximum absolute atomic E-state index is 11.7. The fourth-order valence-corrected chi connectivity index (χ4v) is 1.40. The first-order chi connectivity index (χ1) is 7.68. The maximum Gasteiger partial charge on any atom is 0.341 e. The number of carboxylic acid groups (broad SMARTS) is 1. The molecule has 0 amide bonds. The topological polar surface area (TPSA) is 72.4 Å². The van der Waals surface area contributed by atoms with Gasteiger partial charge >= 0.3 is 5.97 Å². The standard InChI is InChI=1S/C11H9NO4/c13-10-9(11(14)15)2-1-4-12(10)6-8-3-5-16-7-8/h1-5,7H,6H2,(H,14,15). The number of hydrogen-bond donors (Lipinski definition) is 1. The Kier molecular flexibility index (Phi) is 2.59. The Hall–Kier alpha value is -2.30. The molecule has 0 radical (unpaired) electrons. The average molecular weight is 219 g/mol. The van der Waals surface area contributed by atoms with Gasteiger partial charge in [-0.2, -0.15) is 0 Å². The van der Waals surface area contributed by atoms with E-state index in [1.54, 1.807) is 12.3 Å². The van der Waals surface area contributed by atoms with Crippen LogP contribution in [-0.2, 0) is 6.54 Å². The summed E-state index contributed by atoms with van der Waals surface area (Å²) < 4.78 is 6.20. The fourth-order valence-electron chi connectivity index (χ4n) is 1.40. The van der Waals surface area contributed by atoms with Crippen LogP contribution in [0.25, 0.3) is 0 Å². The quantitative estimate of drug-likeness (QED) is 0.841. The summed E-state index contributed by atoms with van der Waals surface area (Å²) in [5.74, 6) is -1.22. The summed E-state index contributed by atoms with van der Waals surface area (Å²) in [6.45, 7) is 0.302. The number of carbonyl (C=O) groups is 1. The van der Waals surface area contributed by atoms with Gasteiger partial charge in [0.25, 0.3) is 5.56 Å². The molecule has 0 saturated heterocycles. The van der Waals surface area contributed by atoms with E-state index in [2.05, 4.69) is 0 Å². The van der Waals surface area contributed by atoms with Gasteiger partial charge in [-0.1, -0.05) is 0 Å². The van der Waals surface area contributed by atoms with Crippen molar-refractivity contribution in [3.63, 3.8) is 0 Å². The van der Waals surface area contributed by atoms with Crippen LogP contribution in [0.2, 0.25) is 0 Å². The lowest BCUT2D eigenvalue weighted by molar-refractivity contribution is 0.0694. The average Bonchev–Trinajstić information content (AvgIpc) is 2.73. The second-order valence-electron chi connectivity index (χ2n) is 3.29. The summed E-state index contributed by atoms with van der Waals surface area (Å²) in [5.41, 5.74) is 0.0619. The summed E-state index contributed by atoms with van der Waals surface area (Å²) >= 11 is 0. The molecule has 0 unspecified atom stereocenters. The van der Waals surface area contributed by atoms with Gasteiger partial charge in [-0.25, -0.2) is 4.79 Å². The zero-order chi connectivity index (χ0) is 11.5. The van der Waals surface area contributed by atoms with Crippen molar-refractivity contribution >= 4 is 5.97 Å². The van der Waals surface area contributed by atoms with Crippen molar-refractivity contribution in [3.05, 3.63) is 58.4 Å². The van der Waals surface area contributed by atoms with Gasteiger partial charge in [0.1, 0.15) is 5.56 Å². The van der Waals surface area contributed by atoms with Crippen LogP contribution in [0.5, 0.6) is 0 Å². The van der Waals surface area contributed by atoms with Gasteiger partial charge in [-0.15, -0.1) is 0 Å². The van der Waals surface area contributed by atoms with Gasteiger partial charge in [0.2, 0.25) is 0 Å². The highest BCUT2D eigenvalue weighted by Gasteiger charge is 2.10. The molecule has 0 saturated carbocycles. The molecule has 2 rings (SSSR count). The first kappa shape index (κ1) is 10.2. The second-order valence-corrected chi connectivity index (χ2v) is 3.29. The van der Waals surface area contributed by atoms with E-state index in [-0.39, 0.29) is 5.56 Å². The zero-order valence-electron chi connectivity index (χ0n) is 8.29. The van der Waals surface area contributed by atoms with Crippen molar-refractivity contribution in [2.24, 2.45) is 0 Å². The SMILES string of the molecule is O=C(O)c1cccn(Cc2ccoc2)c1=O. The second kappa shape index (κ2) is 4.06. The van der Waals surface area contributed by atoms with Crippen molar-refractivity contribution in [1.29, 1.82) is 0 Å². The van der Waals surface area contributed by atoms with Crippen LogP contribution in [0.1, 0.15) is 15.9 Å². The Morgan fingerprint density at radius 2 is 2.25 bits per heavy atom. The van der Waals surface area contributed by atoms with E-state index in [1.807, 2.05) is 0 Å². The lowest BCUT2D eigenvalue weighted by Gasteiger charge is -2.03. The van der Waals surface area contributed by atoms with Crippen molar-refractivity contribution < 1.29 is 14.3 Å². The molecule has 0 fully saturated rings. The molecule has 5 nitrogen and oxygen atoms in total. The highest BCUT2D eigenvalue weighted by Crippen LogP contribution is 2.02. The van der Waals surface area contributed by atoms with E-state index in [9.17, 15) is 9.59 Å². The Balaban J connectivity index is 2.39. The molecule has 0 aliphatic heterocycles. The van der Waals surface area contributed by atoms with Crippen LogP contribution in [0, 0.1) is 0 Å². The van der Waals surface area contributed by atoms with Gasteiger partial charge in [0.05, 0.1) is 19.1 Å². The van der Waals surface area contributed by atoms with Crippen LogP contribution in [0.4, 0.5) is 0 Å². The highest BCUT2D eigenvalue weighted by atomic mass is 16.4. The third-order valence-corrected chi connectivity index (χ3v) is 2.18. The molecule has 2 aromatic rings. The minimum absolute atomic E-state index is 0.231. The number of furan rings is 1. The number of aromatic carboxylic acids is 1. The van der Waals surface area contributed by atoms with Crippen LogP contribution in [0.15, 0.2) is 46.1 Å². The monoisotopic (exact) mass is 219 g/mol. The number of hydrogen-bond acceptors (Lipinski definition) is 3. The predicted molar refractivity (Wildman–Crippen MR) is 55.5 cm³/mol. The molecule has 16 heavy (non-hydrogen) atoms. The molecule has 2 aromatic heterocycles. The summed E-state index contributed by atoms with van der Waals surface area (Å²) in [7, 11) is 0. The molecule has 0 atom stereocenters. The maximum atomic E-state index is 11.7. The van der Waals surface area contributed by atoms with Crippen LogP contribution >= 0.6 is 0 Å². The normalized spacial score (nSPS) is 10.2. The van der Waals surface area contributed by atoms with Gasteiger partial charge in [-0.3, -0.25) is 4.79 Å². The van der Waals surface area contributed by atoms with Gasteiger partial charge in [0, 0.05) is 11.8 Å². The third-order valence-electron chi connectivity index (χ3n) is 2.18. The molecule has 0 aliphatic carbocycles. The van der Waals surface area contributed by atoms with E-state index in [1.165, 1.54) is 29.2 Å². The number of nitrogens with zero attached hydrogens (tertiary/aromatic N) is 1. The molecular weight excluding hydrogens is 210 g/mol. The number of rotatable bonds is 3. The minimum Gasteiger partial charge on any atom is -0.477 e. The number of carboxylic acids is 1. The summed E-state index contributed by atoms with van der Waals surface area (Å²) in [5, 5.41) is 8.78. The van der Waals surface area contributed by atoms with Crippen LogP contribution in [-0.4, -0.2) is 15.6 Å². The Morgan fingerprint density at radius 1 is 1.44 bits per heavy atom. The van der Waals surface area contributed by atoms with Crippen LogP contribution < -0.4 is 5.56 Å². The molecule has 0 spiro atoms. The number of pyridine rings is 1. The summed E-state index contributed by atoms with van der Waals surface area (Å²) in [6.07, 6.45) is 4.56. The zero-order valence-corrected chi connectivity index (χ0v) is 8.29. The molecule has 1 N–H and O–H groups in total. The molecule has 5 heteroatoms. The smallest absolute Gasteiger partial charge is 0.341 e. The van der Waals surface area contributed by atoms with E-state index < -0.39 is 11.5 Å². The molecule has 82 valence electrons. The Morgan fingerprint density at radius 3 is 2.88 bits per heavy atom. The predicted octanol–water partition coefficient (Wildman–Crippen LogP) is 1.19. The van der Waals surface area contributed by atoms with E-state index in [0.717, 1.165) is 5.56 Å². The first-order valence-electron chi connectivity index (χ1n) is 4.62. The van der Waals surface area contributed by atoms with Gasteiger partial charge in [0.15, 0.2) is 0 Å². The van der Waals surface area contributed by atoms with Crippen molar-refractivity contribution in [2.45, 2.75) is 6.54 Å². The molecule has 0 bridgehead atoms. The lowest BCUT2D eigenvalue weighted by atomic mass is 10.2. The van der Waals surface area contributed by atoms with Gasteiger partial charge < -0.3 is 14.1 Å². The van der Waals surface area contributed by atoms with Crippen LogP contribution in [0.3, 0.4) is 0 Å². The summed E-state index contributed by atoms with van der Waals surface area (Å²) in [4.78, 5) is 22.4. The first-order valence-corrected chi connectivity index (χ1v) is 4.62. The summed E-state index contributed by atoms with van der Waals surface area (Å²) in [6, 6.07) is 4.54. The van der Waals surface area contributed by atoms with E-state index >= 15 is 0 Å². The minimum atomic E-state index is -1.22. The van der Waals surface area contributed by atoms with E-state index in [0.29, 0.717) is 6.54 Å². The van der Waals surface area contributed by atoms with Crippen molar-refractivity contribution in [2.75, 3.05) is 0 Å². The molecule has 2 heterocycles. The molecule has 0 aliphatic rings. The van der Waals surface area contributed by atoms with E-state index in [4.69, 9.17) is 9.52 Å². The van der Waals surface area contributed by atoms with Crippen molar-refractivity contribution in [3.8, 4) is 0 Å². The largest absolute Gasteiger partial charge is 0.477 e. The molecule has 0 aromatic carbocycles. The Labute approximate surface area is 90.6 Å². The molecular formula is C11H9NO4. The lowest BCUT2D eigenvalue weighted by Crippen LogP contribution is -2.25. The van der Waals surface area contributed by atoms with Crippen molar-refractivity contribution in [1.82, 2.24) is 4.57 Å². The number of aromatic nitrogens is 1. The fraction of sp³-hybridized carbons (Fsp3) is 0.0909. The van der Waals surface area contributed by atoms with Gasteiger partial charge in [-0.05, 0) is 18.2 Å². The Bertz CT molecular complexity index is 554. The highest BCUT2D eigenvalue weighted by molar-refractivity contribution is 5.86. The third kappa shape index (κ3) is 1.88.